The fourth-order valence-electron chi connectivity index (χ4n) is 3.65. The Labute approximate surface area is 87.0 Å². The molecule has 1 N–H and O–H groups in total. The predicted octanol–water partition coefficient (Wildman–Crippen LogP) is 1.42. The molecule has 2 fully saturated rings. The zero-order chi connectivity index (χ0) is 10.4. The summed E-state index contributed by atoms with van der Waals surface area (Å²) in [5.41, 5.74) is 3.37. The summed E-state index contributed by atoms with van der Waals surface area (Å²) in [6.45, 7) is 4.53. The SMILES string of the molecule is CCOC(=O)c1n[nH]c2c1[C@H]1[C@H]3C2[C@]31C. The topological polar surface area (TPSA) is 55.0 Å². The highest BCUT2D eigenvalue weighted by Gasteiger charge is 2.90. The minimum absolute atomic E-state index is 0.273. The molecular weight excluding hydrogens is 192 g/mol. The van der Waals surface area contributed by atoms with Crippen molar-refractivity contribution in [1.29, 1.82) is 0 Å². The standard InChI is InChI=1S/C11H12N2O2/c1-3-15-10(14)9-4-5-6-7(11(5,6)2)8(4)12-13-9/h5-7H,3H2,1-2H3,(H,12,13)/t5-,6-,7?,11-/m0/s1. The first-order chi connectivity index (χ1) is 7.21. The molecule has 78 valence electrons. The summed E-state index contributed by atoms with van der Waals surface area (Å²) < 4.78 is 5.00. The number of H-pyrrole nitrogens is 1. The molecule has 4 atom stereocenters. The predicted molar refractivity (Wildman–Crippen MR) is 51.6 cm³/mol. The van der Waals surface area contributed by atoms with Crippen LogP contribution in [0.15, 0.2) is 0 Å². The molecule has 15 heavy (non-hydrogen) atoms. The molecule has 0 saturated heterocycles. The Morgan fingerprint density at radius 3 is 3.00 bits per heavy atom. The van der Waals surface area contributed by atoms with Crippen molar-refractivity contribution in [3.63, 3.8) is 0 Å². The lowest BCUT2D eigenvalue weighted by atomic mass is 10.0. The molecule has 4 nitrogen and oxygen atoms in total. The number of carbonyl (C=O) groups is 1. The molecule has 0 aromatic carbocycles. The molecule has 1 aromatic rings. The third-order valence-electron chi connectivity index (χ3n) is 4.48. The Kier molecular flexibility index (Phi) is 1.03. The molecule has 0 aliphatic heterocycles. The van der Waals surface area contributed by atoms with Crippen LogP contribution in [0.5, 0.6) is 0 Å². The summed E-state index contributed by atoms with van der Waals surface area (Å²) in [4.78, 5) is 11.6. The van der Waals surface area contributed by atoms with Gasteiger partial charge in [-0.25, -0.2) is 4.79 Å². The second-order valence-corrected chi connectivity index (χ2v) is 4.97. The number of carbonyl (C=O) groups excluding carboxylic acids is 1. The quantitative estimate of drug-likeness (QED) is 0.741. The van der Waals surface area contributed by atoms with Gasteiger partial charge in [0, 0.05) is 17.2 Å². The molecule has 1 aromatic heterocycles. The number of nitrogens with zero attached hydrogens (tertiary/aromatic N) is 1. The van der Waals surface area contributed by atoms with Crippen molar-refractivity contribution >= 4 is 5.97 Å². The second kappa shape index (κ2) is 1.96. The van der Waals surface area contributed by atoms with E-state index >= 15 is 0 Å². The van der Waals surface area contributed by atoms with Gasteiger partial charge < -0.3 is 4.74 Å². The van der Waals surface area contributed by atoms with Gasteiger partial charge in [0.15, 0.2) is 5.69 Å². The molecule has 2 saturated carbocycles. The average molecular weight is 204 g/mol. The van der Waals surface area contributed by atoms with Crippen LogP contribution in [-0.4, -0.2) is 22.8 Å². The number of hydrogen-bond acceptors (Lipinski definition) is 3. The molecule has 0 radical (unpaired) electrons. The number of esters is 1. The van der Waals surface area contributed by atoms with Crippen LogP contribution in [0.2, 0.25) is 0 Å². The highest BCUT2D eigenvalue weighted by atomic mass is 16.5. The van der Waals surface area contributed by atoms with Gasteiger partial charge in [-0.1, -0.05) is 6.92 Å². The smallest absolute Gasteiger partial charge is 0.359 e. The molecule has 4 aliphatic carbocycles. The van der Waals surface area contributed by atoms with Crippen molar-refractivity contribution in [3.8, 4) is 0 Å². The Morgan fingerprint density at radius 1 is 1.60 bits per heavy atom. The van der Waals surface area contributed by atoms with Crippen LogP contribution in [-0.2, 0) is 4.74 Å². The van der Waals surface area contributed by atoms with E-state index in [-0.39, 0.29) is 5.97 Å². The van der Waals surface area contributed by atoms with Gasteiger partial charge in [0.05, 0.1) is 6.61 Å². The van der Waals surface area contributed by atoms with E-state index < -0.39 is 0 Å². The van der Waals surface area contributed by atoms with E-state index in [2.05, 4.69) is 17.1 Å². The first-order valence-corrected chi connectivity index (χ1v) is 5.46. The number of hydrogen-bond donors (Lipinski definition) is 1. The summed E-state index contributed by atoms with van der Waals surface area (Å²) in [7, 11) is 0. The largest absolute Gasteiger partial charge is 0.461 e. The van der Waals surface area contributed by atoms with Crippen LogP contribution in [0, 0.1) is 11.3 Å². The normalized spacial score (nSPS) is 42.1. The summed E-state index contributed by atoms with van der Waals surface area (Å²) in [6, 6.07) is 0. The van der Waals surface area contributed by atoms with E-state index in [0.29, 0.717) is 29.6 Å². The Hall–Kier alpha value is -1.32. The Morgan fingerprint density at radius 2 is 2.33 bits per heavy atom. The van der Waals surface area contributed by atoms with E-state index in [1.165, 1.54) is 5.69 Å². The highest BCUT2D eigenvalue weighted by Crippen LogP contribution is 2.96. The van der Waals surface area contributed by atoms with Crippen molar-refractivity contribution in [1.82, 2.24) is 10.2 Å². The molecule has 4 aliphatic rings. The second-order valence-electron chi connectivity index (χ2n) is 4.97. The minimum atomic E-state index is -0.273. The third kappa shape index (κ3) is 0.610. The van der Waals surface area contributed by atoms with E-state index in [9.17, 15) is 4.79 Å². The summed E-state index contributed by atoms with van der Waals surface area (Å²) >= 11 is 0. The van der Waals surface area contributed by atoms with Gasteiger partial charge in [-0.15, -0.1) is 0 Å². The zero-order valence-electron chi connectivity index (χ0n) is 8.70. The van der Waals surface area contributed by atoms with Gasteiger partial charge in [0.25, 0.3) is 0 Å². The van der Waals surface area contributed by atoms with Crippen molar-refractivity contribution in [3.05, 3.63) is 17.0 Å². The summed E-state index contributed by atoms with van der Waals surface area (Å²) in [6.07, 6.45) is 0. The van der Waals surface area contributed by atoms with Crippen LogP contribution in [0.1, 0.15) is 47.4 Å². The lowest BCUT2D eigenvalue weighted by molar-refractivity contribution is 0.0518. The first-order valence-electron chi connectivity index (χ1n) is 5.46. The maximum atomic E-state index is 11.6. The Balaban J connectivity index is 1.76. The lowest BCUT2D eigenvalue weighted by Gasteiger charge is -2.03. The average Bonchev–Trinajstić information content (AvgIpc) is 2.73. The molecule has 4 heteroatoms. The minimum Gasteiger partial charge on any atom is -0.461 e. The fourth-order valence-corrected chi connectivity index (χ4v) is 3.65. The maximum Gasteiger partial charge on any atom is 0.359 e. The molecular formula is C11H12N2O2. The van der Waals surface area contributed by atoms with Crippen molar-refractivity contribution in [2.24, 2.45) is 11.3 Å². The number of nitrogens with one attached hydrogen (secondary N) is 1. The van der Waals surface area contributed by atoms with E-state index in [0.717, 1.165) is 11.5 Å². The molecule has 5 rings (SSSR count). The van der Waals surface area contributed by atoms with Crippen molar-refractivity contribution in [2.45, 2.75) is 25.7 Å². The van der Waals surface area contributed by atoms with Gasteiger partial charge in [-0.2, -0.15) is 5.10 Å². The van der Waals surface area contributed by atoms with Crippen LogP contribution in [0.3, 0.4) is 0 Å². The lowest BCUT2D eigenvalue weighted by Crippen LogP contribution is -2.08. The number of aromatic nitrogens is 2. The van der Waals surface area contributed by atoms with Crippen molar-refractivity contribution < 1.29 is 9.53 Å². The van der Waals surface area contributed by atoms with Crippen LogP contribution in [0.25, 0.3) is 0 Å². The van der Waals surface area contributed by atoms with E-state index in [4.69, 9.17) is 4.74 Å². The summed E-state index contributed by atoms with van der Waals surface area (Å²) in [5, 5.41) is 7.09. The molecule has 1 unspecified atom stereocenters. The zero-order valence-corrected chi connectivity index (χ0v) is 8.70. The van der Waals surface area contributed by atoms with Crippen molar-refractivity contribution in [2.75, 3.05) is 6.61 Å². The van der Waals surface area contributed by atoms with Gasteiger partial charge in [-0.05, 0) is 24.2 Å². The number of ether oxygens (including phenoxy) is 1. The molecule has 0 spiro atoms. The number of rotatable bonds is 2. The van der Waals surface area contributed by atoms with Gasteiger partial charge in [0.1, 0.15) is 0 Å². The first kappa shape index (κ1) is 7.91. The van der Waals surface area contributed by atoms with Crippen LogP contribution in [0.4, 0.5) is 0 Å². The van der Waals surface area contributed by atoms with Gasteiger partial charge >= 0.3 is 5.97 Å². The maximum absolute atomic E-state index is 11.6. The Bertz CT molecular complexity index is 493. The van der Waals surface area contributed by atoms with Gasteiger partial charge in [-0.3, -0.25) is 5.10 Å². The fraction of sp³-hybridized carbons (Fsp3) is 0.636. The molecule has 0 amide bonds. The third-order valence-corrected chi connectivity index (χ3v) is 4.48. The number of aromatic amines is 1. The molecule has 2 bridgehead atoms. The molecule has 1 heterocycles. The van der Waals surface area contributed by atoms with Gasteiger partial charge in [0.2, 0.25) is 0 Å². The van der Waals surface area contributed by atoms with Crippen LogP contribution < -0.4 is 0 Å². The van der Waals surface area contributed by atoms with E-state index in [1.54, 1.807) is 0 Å². The van der Waals surface area contributed by atoms with E-state index in [1.807, 2.05) is 6.92 Å². The van der Waals surface area contributed by atoms with Crippen LogP contribution >= 0.6 is 0 Å². The summed E-state index contributed by atoms with van der Waals surface area (Å²) in [5.74, 6) is 1.78. The monoisotopic (exact) mass is 204 g/mol. The highest BCUT2D eigenvalue weighted by molar-refractivity contribution is 5.91.